The fourth-order valence-corrected chi connectivity index (χ4v) is 2.96. The zero-order valence-corrected chi connectivity index (χ0v) is 12.3. The summed E-state index contributed by atoms with van der Waals surface area (Å²) in [7, 11) is -4.04. The minimum atomic E-state index is -4.04. The topological polar surface area (TPSA) is 87.0 Å². The summed E-state index contributed by atoms with van der Waals surface area (Å²) in [6.07, 6.45) is 0. The van der Waals surface area contributed by atoms with Crippen molar-refractivity contribution in [2.24, 2.45) is 0 Å². The fourth-order valence-electron chi connectivity index (χ4n) is 1.84. The Morgan fingerprint density at radius 3 is 2.59 bits per heavy atom. The van der Waals surface area contributed by atoms with E-state index in [1.165, 1.54) is 37.3 Å². The highest BCUT2D eigenvalue weighted by Gasteiger charge is 2.18. The van der Waals surface area contributed by atoms with Crippen LogP contribution in [-0.4, -0.2) is 14.2 Å². The van der Waals surface area contributed by atoms with E-state index in [4.69, 9.17) is 5.26 Å². The minimum absolute atomic E-state index is 0.0569. The van der Waals surface area contributed by atoms with Gasteiger partial charge in [-0.2, -0.15) is 5.26 Å². The average Bonchev–Trinajstić information content (AvgIpc) is 2.46. The molecule has 0 saturated heterocycles. The van der Waals surface area contributed by atoms with Crippen molar-refractivity contribution in [2.45, 2.75) is 11.8 Å². The quantitative estimate of drug-likeness (QED) is 0.878. The van der Waals surface area contributed by atoms with Crippen LogP contribution in [0, 0.1) is 17.1 Å². The van der Waals surface area contributed by atoms with Crippen molar-refractivity contribution >= 4 is 21.5 Å². The summed E-state index contributed by atoms with van der Waals surface area (Å²) in [5.74, 6) is -1.07. The molecule has 0 spiro atoms. The maximum atomic E-state index is 13.3. The monoisotopic (exact) mass is 318 g/mol. The minimum Gasteiger partial charge on any atom is -0.294 e. The smallest absolute Gasteiger partial charge is 0.261 e. The van der Waals surface area contributed by atoms with Crippen LogP contribution in [0.2, 0.25) is 0 Å². The van der Waals surface area contributed by atoms with Crippen molar-refractivity contribution in [1.82, 2.24) is 0 Å². The molecule has 0 atom stereocenters. The van der Waals surface area contributed by atoms with E-state index in [1.807, 2.05) is 6.07 Å². The van der Waals surface area contributed by atoms with Gasteiger partial charge in [-0.3, -0.25) is 9.52 Å². The molecule has 0 amide bonds. The molecule has 2 aromatic carbocycles. The largest absolute Gasteiger partial charge is 0.294 e. The number of carbonyl (C=O) groups excluding carboxylic acids is 1. The number of halogens is 1. The lowest BCUT2D eigenvalue weighted by Gasteiger charge is -2.11. The number of nitrogens with zero attached hydrogens (tertiary/aromatic N) is 1. The van der Waals surface area contributed by atoms with Crippen LogP contribution in [0.4, 0.5) is 10.1 Å². The number of ketones is 1. The Morgan fingerprint density at radius 1 is 1.23 bits per heavy atom. The summed E-state index contributed by atoms with van der Waals surface area (Å²) >= 11 is 0. The fraction of sp³-hybridized carbons (Fsp3) is 0.0667. The molecule has 1 N–H and O–H groups in total. The Hall–Kier alpha value is -2.72. The van der Waals surface area contributed by atoms with E-state index in [0.29, 0.717) is 0 Å². The first kappa shape index (κ1) is 15.7. The van der Waals surface area contributed by atoms with E-state index >= 15 is 0 Å². The third kappa shape index (κ3) is 3.30. The molecule has 2 aromatic rings. The summed E-state index contributed by atoms with van der Waals surface area (Å²) in [5.41, 5.74) is 0.0881. The Bertz CT molecular complexity index is 886. The normalized spacial score (nSPS) is 10.8. The molecular formula is C15H11FN2O3S. The molecule has 0 aromatic heterocycles. The van der Waals surface area contributed by atoms with E-state index < -0.39 is 21.6 Å². The lowest BCUT2D eigenvalue weighted by Crippen LogP contribution is -2.15. The summed E-state index contributed by atoms with van der Waals surface area (Å²) in [6.45, 7) is 1.25. The molecule has 5 nitrogen and oxygen atoms in total. The van der Waals surface area contributed by atoms with Gasteiger partial charge in [0.05, 0.1) is 22.2 Å². The zero-order valence-electron chi connectivity index (χ0n) is 11.5. The number of nitrogens with one attached hydrogen (secondary N) is 1. The summed E-state index contributed by atoms with van der Waals surface area (Å²) in [4.78, 5) is 11.4. The molecule has 0 radical (unpaired) electrons. The van der Waals surface area contributed by atoms with Crippen molar-refractivity contribution in [2.75, 3.05) is 4.72 Å². The van der Waals surface area contributed by atoms with Crippen molar-refractivity contribution in [3.05, 3.63) is 59.4 Å². The average molecular weight is 318 g/mol. The molecule has 7 heteroatoms. The third-order valence-electron chi connectivity index (χ3n) is 2.88. The first-order valence-corrected chi connectivity index (χ1v) is 7.65. The molecule has 0 aliphatic rings. The van der Waals surface area contributed by atoms with Gasteiger partial charge in [-0.05, 0) is 43.3 Å². The number of sulfonamides is 1. The standard InChI is InChI=1S/C15H11FN2O3S/c1-10(19)14-6-5-12(16)8-15(14)18-22(20,21)13-4-2-3-11(7-13)9-17/h2-8,18H,1H3. The number of rotatable bonds is 4. The van der Waals surface area contributed by atoms with Gasteiger partial charge in [-0.15, -0.1) is 0 Å². The number of hydrogen-bond acceptors (Lipinski definition) is 4. The van der Waals surface area contributed by atoms with Crippen LogP contribution in [0.5, 0.6) is 0 Å². The van der Waals surface area contributed by atoms with Gasteiger partial charge in [0.15, 0.2) is 5.78 Å². The van der Waals surface area contributed by atoms with Crippen LogP contribution in [-0.2, 0) is 10.0 Å². The second-order valence-electron chi connectivity index (χ2n) is 4.49. The number of anilines is 1. The molecule has 2 rings (SSSR count). The van der Waals surface area contributed by atoms with Gasteiger partial charge in [0, 0.05) is 5.56 Å². The Morgan fingerprint density at radius 2 is 1.95 bits per heavy atom. The second kappa shape index (κ2) is 5.95. The molecule has 0 aliphatic heterocycles. The first-order valence-electron chi connectivity index (χ1n) is 6.17. The van der Waals surface area contributed by atoms with Gasteiger partial charge < -0.3 is 0 Å². The van der Waals surface area contributed by atoms with Gasteiger partial charge in [0.1, 0.15) is 5.82 Å². The number of nitriles is 1. The van der Waals surface area contributed by atoms with Crippen molar-refractivity contribution in [3.63, 3.8) is 0 Å². The lowest BCUT2D eigenvalue weighted by atomic mass is 10.1. The summed E-state index contributed by atoms with van der Waals surface area (Å²) < 4.78 is 40.1. The molecule has 0 fully saturated rings. The maximum absolute atomic E-state index is 13.3. The van der Waals surface area contributed by atoms with E-state index in [0.717, 1.165) is 12.1 Å². The number of carbonyl (C=O) groups is 1. The van der Waals surface area contributed by atoms with Crippen molar-refractivity contribution in [3.8, 4) is 6.07 Å². The van der Waals surface area contributed by atoms with Crippen LogP contribution >= 0.6 is 0 Å². The molecule has 0 unspecified atom stereocenters. The van der Waals surface area contributed by atoms with Crippen LogP contribution in [0.1, 0.15) is 22.8 Å². The van der Waals surface area contributed by atoms with E-state index in [9.17, 15) is 17.6 Å². The molecule has 0 aliphatic carbocycles. The lowest BCUT2D eigenvalue weighted by molar-refractivity contribution is 0.101. The summed E-state index contributed by atoms with van der Waals surface area (Å²) in [6, 6.07) is 10.4. The predicted molar refractivity (Wildman–Crippen MR) is 78.4 cm³/mol. The summed E-state index contributed by atoms with van der Waals surface area (Å²) in [5, 5.41) is 8.81. The molecule has 112 valence electrons. The van der Waals surface area contributed by atoms with Crippen molar-refractivity contribution < 1.29 is 17.6 Å². The maximum Gasteiger partial charge on any atom is 0.261 e. The molecule has 0 heterocycles. The Kier molecular flexibility index (Phi) is 4.24. The first-order chi connectivity index (χ1) is 10.3. The highest BCUT2D eigenvalue weighted by atomic mass is 32.2. The van der Waals surface area contributed by atoms with Gasteiger partial charge in [-0.1, -0.05) is 6.07 Å². The van der Waals surface area contributed by atoms with Gasteiger partial charge >= 0.3 is 0 Å². The molecule has 0 saturated carbocycles. The predicted octanol–water partition coefficient (Wildman–Crippen LogP) is 2.70. The van der Waals surface area contributed by atoms with Gasteiger partial charge in [-0.25, -0.2) is 12.8 Å². The van der Waals surface area contributed by atoms with Gasteiger partial charge in [0.2, 0.25) is 0 Å². The van der Waals surface area contributed by atoms with E-state index in [1.54, 1.807) is 0 Å². The number of hydrogen-bond donors (Lipinski definition) is 1. The SMILES string of the molecule is CC(=O)c1ccc(F)cc1NS(=O)(=O)c1cccc(C#N)c1. The highest BCUT2D eigenvalue weighted by Crippen LogP contribution is 2.22. The van der Waals surface area contributed by atoms with E-state index in [-0.39, 0.29) is 21.7 Å². The highest BCUT2D eigenvalue weighted by molar-refractivity contribution is 7.92. The van der Waals surface area contributed by atoms with E-state index in [2.05, 4.69) is 4.72 Å². The van der Waals surface area contributed by atoms with Crippen LogP contribution in [0.25, 0.3) is 0 Å². The number of benzene rings is 2. The Labute approximate surface area is 127 Å². The van der Waals surface area contributed by atoms with Gasteiger partial charge in [0.25, 0.3) is 10.0 Å². The van der Waals surface area contributed by atoms with Crippen LogP contribution in [0.3, 0.4) is 0 Å². The number of Topliss-reactive ketones (excluding diaryl/α,β-unsaturated/α-hetero) is 1. The third-order valence-corrected chi connectivity index (χ3v) is 4.24. The Balaban J connectivity index is 2.47. The zero-order chi connectivity index (χ0) is 16.3. The molecular weight excluding hydrogens is 307 g/mol. The molecule has 0 bridgehead atoms. The van der Waals surface area contributed by atoms with Crippen LogP contribution in [0.15, 0.2) is 47.4 Å². The van der Waals surface area contributed by atoms with Crippen molar-refractivity contribution in [1.29, 1.82) is 5.26 Å². The molecule has 22 heavy (non-hydrogen) atoms. The second-order valence-corrected chi connectivity index (χ2v) is 6.17. The van der Waals surface area contributed by atoms with Crippen LogP contribution < -0.4 is 4.72 Å².